The van der Waals surface area contributed by atoms with E-state index < -0.39 is 0 Å². The molecule has 0 saturated carbocycles. The Bertz CT molecular complexity index is 1440. The predicted octanol–water partition coefficient (Wildman–Crippen LogP) is 13.1. The molecule has 0 aliphatic rings. The fourth-order valence-electron chi connectivity index (χ4n) is 6.27. The standard InChI is InChI=1S/C40H58N2O2S2/c1-3-5-7-9-11-13-15-17-19-21-29-42-35-25-28-39(44-30-22-20-18-16-14-12-10-8-6-4-2)41-34(35)32-33(40(42)43)36-26-27-38(46-36)37-24-23-31-45-37/h23-28,31-32H,3-22,29-30H2,1-2H3. The maximum atomic E-state index is 14.0. The van der Waals surface area contributed by atoms with Crippen LogP contribution in [0.25, 0.3) is 31.2 Å². The number of aryl methyl sites for hydroxylation is 1. The molecule has 0 N–H and O–H groups in total. The molecule has 0 aliphatic carbocycles. The molecule has 46 heavy (non-hydrogen) atoms. The molecule has 4 nitrogen and oxygen atoms in total. The smallest absolute Gasteiger partial charge is 0.259 e. The molecule has 0 radical (unpaired) electrons. The van der Waals surface area contributed by atoms with Crippen molar-refractivity contribution in [2.75, 3.05) is 6.61 Å². The van der Waals surface area contributed by atoms with E-state index in [1.807, 2.05) is 22.8 Å². The van der Waals surface area contributed by atoms with E-state index in [2.05, 4.69) is 43.5 Å². The zero-order chi connectivity index (χ0) is 32.2. The largest absolute Gasteiger partial charge is 0.478 e. The number of rotatable bonds is 25. The molecule has 0 saturated heterocycles. The monoisotopic (exact) mass is 662 g/mol. The lowest BCUT2D eigenvalue weighted by Gasteiger charge is -2.13. The first-order chi connectivity index (χ1) is 22.7. The van der Waals surface area contributed by atoms with Gasteiger partial charge in [0.15, 0.2) is 0 Å². The highest BCUT2D eigenvalue weighted by molar-refractivity contribution is 7.23. The van der Waals surface area contributed by atoms with Gasteiger partial charge in [-0.3, -0.25) is 4.79 Å². The number of unbranched alkanes of at least 4 members (excludes halogenated alkanes) is 18. The van der Waals surface area contributed by atoms with Crippen molar-refractivity contribution in [3.8, 4) is 26.1 Å². The van der Waals surface area contributed by atoms with Crippen LogP contribution in [0.1, 0.15) is 142 Å². The lowest BCUT2D eigenvalue weighted by Crippen LogP contribution is -2.22. The average Bonchev–Trinajstić information content (AvgIpc) is 3.78. The second-order valence-corrected chi connectivity index (χ2v) is 15.0. The molecule has 0 fully saturated rings. The zero-order valence-electron chi connectivity index (χ0n) is 28.7. The Hall–Kier alpha value is -2.44. The Morgan fingerprint density at radius 3 is 1.85 bits per heavy atom. The number of fused-ring (bicyclic) bond motifs is 1. The van der Waals surface area contributed by atoms with E-state index in [0.29, 0.717) is 12.5 Å². The molecule has 6 heteroatoms. The van der Waals surface area contributed by atoms with E-state index in [1.165, 1.54) is 119 Å². The van der Waals surface area contributed by atoms with Gasteiger partial charge in [-0.1, -0.05) is 135 Å². The Kier molecular flexibility index (Phi) is 17.0. The number of hydrogen-bond donors (Lipinski definition) is 0. The summed E-state index contributed by atoms with van der Waals surface area (Å²) in [6.07, 6.45) is 25.9. The van der Waals surface area contributed by atoms with Gasteiger partial charge in [-0.2, -0.15) is 0 Å². The summed E-state index contributed by atoms with van der Waals surface area (Å²) in [6.45, 7) is 5.96. The fraction of sp³-hybridized carbons (Fsp3) is 0.600. The molecule has 252 valence electrons. The summed E-state index contributed by atoms with van der Waals surface area (Å²) in [6, 6.07) is 14.4. The number of aromatic nitrogens is 2. The van der Waals surface area contributed by atoms with Gasteiger partial charge < -0.3 is 9.30 Å². The van der Waals surface area contributed by atoms with Gasteiger partial charge in [0.1, 0.15) is 0 Å². The summed E-state index contributed by atoms with van der Waals surface area (Å²) >= 11 is 3.43. The molecule has 0 unspecified atom stereocenters. The maximum Gasteiger partial charge on any atom is 0.259 e. The van der Waals surface area contributed by atoms with Crippen LogP contribution in [0.4, 0.5) is 0 Å². The normalized spacial score (nSPS) is 11.5. The van der Waals surface area contributed by atoms with Crippen molar-refractivity contribution in [2.45, 2.75) is 149 Å². The van der Waals surface area contributed by atoms with Crippen molar-refractivity contribution in [3.05, 3.63) is 58.2 Å². The number of thiophene rings is 2. The Balaban J connectivity index is 1.36. The van der Waals surface area contributed by atoms with Gasteiger partial charge in [0.05, 0.1) is 23.2 Å². The minimum atomic E-state index is 0.0869. The number of ether oxygens (including phenoxy) is 1. The Labute approximate surface area is 286 Å². The van der Waals surface area contributed by atoms with E-state index in [4.69, 9.17) is 9.72 Å². The molecule has 0 amide bonds. The molecule has 0 atom stereocenters. The fourth-order valence-corrected chi connectivity index (χ4v) is 8.12. The van der Waals surface area contributed by atoms with Gasteiger partial charge in [0.2, 0.25) is 5.88 Å². The second-order valence-electron chi connectivity index (χ2n) is 12.9. The molecule has 0 aliphatic heterocycles. The van der Waals surface area contributed by atoms with E-state index in [9.17, 15) is 4.79 Å². The topological polar surface area (TPSA) is 44.1 Å². The summed E-state index contributed by atoms with van der Waals surface area (Å²) in [4.78, 5) is 22.3. The quantitative estimate of drug-likeness (QED) is 0.0663. The first kappa shape index (κ1) is 36.4. The molecular weight excluding hydrogens is 605 g/mol. The van der Waals surface area contributed by atoms with Gasteiger partial charge in [0.25, 0.3) is 5.56 Å². The van der Waals surface area contributed by atoms with Crippen molar-refractivity contribution in [2.24, 2.45) is 0 Å². The van der Waals surface area contributed by atoms with Crippen molar-refractivity contribution in [3.63, 3.8) is 0 Å². The summed E-state index contributed by atoms with van der Waals surface area (Å²) in [5.41, 5.74) is 2.58. The highest BCUT2D eigenvalue weighted by atomic mass is 32.1. The zero-order valence-corrected chi connectivity index (χ0v) is 30.3. The molecule has 0 aromatic carbocycles. The number of pyridine rings is 2. The van der Waals surface area contributed by atoms with Crippen LogP contribution in [0.3, 0.4) is 0 Å². The maximum absolute atomic E-state index is 14.0. The van der Waals surface area contributed by atoms with Crippen LogP contribution in [0.5, 0.6) is 5.88 Å². The van der Waals surface area contributed by atoms with Crippen LogP contribution in [0.2, 0.25) is 0 Å². The third-order valence-electron chi connectivity index (χ3n) is 9.04. The summed E-state index contributed by atoms with van der Waals surface area (Å²) in [5, 5.41) is 2.10. The summed E-state index contributed by atoms with van der Waals surface area (Å²) < 4.78 is 8.10. The van der Waals surface area contributed by atoms with E-state index >= 15 is 0 Å². The van der Waals surface area contributed by atoms with E-state index in [-0.39, 0.29) is 5.56 Å². The molecule has 4 aromatic rings. The Morgan fingerprint density at radius 2 is 1.24 bits per heavy atom. The molecular formula is C40H58N2O2S2. The van der Waals surface area contributed by atoms with Crippen molar-refractivity contribution in [1.29, 1.82) is 0 Å². The summed E-state index contributed by atoms with van der Waals surface area (Å²) in [7, 11) is 0. The van der Waals surface area contributed by atoms with E-state index in [1.54, 1.807) is 22.7 Å². The molecule has 4 heterocycles. The molecule has 4 aromatic heterocycles. The molecule has 0 spiro atoms. The van der Waals surface area contributed by atoms with Gasteiger partial charge >= 0.3 is 0 Å². The predicted molar refractivity (Wildman–Crippen MR) is 202 cm³/mol. The first-order valence-corrected chi connectivity index (χ1v) is 20.2. The number of nitrogens with zero attached hydrogens (tertiary/aromatic N) is 2. The van der Waals surface area contributed by atoms with Crippen LogP contribution < -0.4 is 10.3 Å². The van der Waals surface area contributed by atoms with Gasteiger partial charge in [-0.15, -0.1) is 22.7 Å². The van der Waals surface area contributed by atoms with Gasteiger partial charge in [-0.05, 0) is 48.6 Å². The first-order valence-electron chi connectivity index (χ1n) is 18.5. The van der Waals surface area contributed by atoms with Crippen LogP contribution in [-0.2, 0) is 6.54 Å². The minimum Gasteiger partial charge on any atom is -0.478 e. The average molecular weight is 663 g/mol. The molecule has 0 bridgehead atoms. The van der Waals surface area contributed by atoms with Crippen molar-refractivity contribution in [1.82, 2.24) is 9.55 Å². The van der Waals surface area contributed by atoms with Gasteiger partial charge in [-0.25, -0.2) is 4.98 Å². The van der Waals surface area contributed by atoms with Crippen molar-refractivity contribution >= 4 is 33.7 Å². The van der Waals surface area contributed by atoms with Crippen LogP contribution in [0, 0.1) is 0 Å². The van der Waals surface area contributed by atoms with Crippen LogP contribution >= 0.6 is 22.7 Å². The van der Waals surface area contributed by atoms with Gasteiger partial charge in [0, 0.05) is 27.2 Å². The van der Waals surface area contributed by atoms with Crippen LogP contribution in [0.15, 0.2) is 52.6 Å². The van der Waals surface area contributed by atoms with E-state index in [0.717, 1.165) is 47.3 Å². The third kappa shape index (κ3) is 12.0. The lowest BCUT2D eigenvalue weighted by molar-refractivity contribution is 0.294. The lowest BCUT2D eigenvalue weighted by atomic mass is 10.1. The third-order valence-corrected chi connectivity index (χ3v) is 11.2. The highest BCUT2D eigenvalue weighted by Crippen LogP contribution is 2.36. The number of hydrogen-bond acceptors (Lipinski definition) is 5. The second kappa shape index (κ2) is 21.4. The van der Waals surface area contributed by atoms with Crippen molar-refractivity contribution < 1.29 is 4.74 Å². The molecule has 4 rings (SSSR count). The minimum absolute atomic E-state index is 0.0869. The summed E-state index contributed by atoms with van der Waals surface area (Å²) in [5.74, 6) is 0.656. The highest BCUT2D eigenvalue weighted by Gasteiger charge is 2.15. The van der Waals surface area contributed by atoms with Crippen LogP contribution in [-0.4, -0.2) is 16.2 Å². The Morgan fingerprint density at radius 1 is 0.652 bits per heavy atom. The SMILES string of the molecule is CCCCCCCCCCCCOc1ccc2c(cc(-c3ccc(-c4cccs4)s3)c(=O)n2CCCCCCCCCCCC)n1.